The Morgan fingerprint density at radius 1 is 1.36 bits per heavy atom. The molecule has 0 aromatic heterocycles. The molecule has 0 N–H and O–H groups in total. The molecule has 0 saturated carbocycles. The van der Waals surface area contributed by atoms with E-state index in [0.29, 0.717) is 0 Å². The van der Waals surface area contributed by atoms with Crippen LogP contribution in [0.1, 0.15) is 18.9 Å². The minimum Gasteiger partial charge on any atom is -0.469 e. The van der Waals surface area contributed by atoms with E-state index in [0.717, 1.165) is 12.8 Å². The van der Waals surface area contributed by atoms with E-state index in [1.807, 2.05) is 37.3 Å². The van der Waals surface area contributed by atoms with Crippen LogP contribution in [-0.4, -0.2) is 13.1 Å². The van der Waals surface area contributed by atoms with E-state index >= 15 is 0 Å². The molecule has 0 saturated heterocycles. The lowest BCUT2D eigenvalue weighted by Crippen LogP contribution is -2.17. The highest BCUT2D eigenvalue weighted by Gasteiger charge is 2.16. The fourth-order valence-electron chi connectivity index (χ4n) is 1.46. The van der Waals surface area contributed by atoms with Crippen LogP contribution in [-0.2, 0) is 16.0 Å². The summed E-state index contributed by atoms with van der Waals surface area (Å²) in [6, 6.07) is 10.0. The zero-order valence-electron chi connectivity index (χ0n) is 8.69. The highest BCUT2D eigenvalue weighted by Crippen LogP contribution is 2.13. The van der Waals surface area contributed by atoms with Crippen molar-refractivity contribution in [3.63, 3.8) is 0 Å². The smallest absolute Gasteiger partial charge is 0.308 e. The molecule has 0 aliphatic carbocycles. The van der Waals surface area contributed by atoms with Crippen molar-refractivity contribution in [2.24, 2.45) is 5.92 Å². The standard InChI is InChI=1S/C12H16O2/c1-3-11(12(13)14-2)9-10-7-5-4-6-8-10/h4-8,11H,3,9H2,1-2H3/t11-/m0/s1. The summed E-state index contributed by atoms with van der Waals surface area (Å²) in [5, 5.41) is 0. The van der Waals surface area contributed by atoms with Crippen molar-refractivity contribution < 1.29 is 9.53 Å². The number of methoxy groups -OCH3 is 1. The summed E-state index contributed by atoms with van der Waals surface area (Å²) in [5.41, 5.74) is 1.18. The quantitative estimate of drug-likeness (QED) is 0.685. The van der Waals surface area contributed by atoms with E-state index in [1.165, 1.54) is 12.7 Å². The molecular formula is C12H16O2. The fraction of sp³-hybridized carbons (Fsp3) is 0.417. The summed E-state index contributed by atoms with van der Waals surface area (Å²) in [6.07, 6.45) is 1.59. The number of rotatable bonds is 4. The van der Waals surface area contributed by atoms with E-state index in [-0.39, 0.29) is 11.9 Å². The predicted octanol–water partition coefficient (Wildman–Crippen LogP) is 2.43. The van der Waals surface area contributed by atoms with Gasteiger partial charge in [0.25, 0.3) is 0 Å². The minimum atomic E-state index is -0.114. The molecule has 1 aromatic carbocycles. The Labute approximate surface area is 84.9 Å². The Balaban J connectivity index is 2.62. The molecule has 14 heavy (non-hydrogen) atoms. The molecule has 0 bridgehead atoms. The number of benzene rings is 1. The molecule has 2 heteroatoms. The molecule has 0 radical (unpaired) electrons. The van der Waals surface area contributed by atoms with Crippen LogP contribution >= 0.6 is 0 Å². The van der Waals surface area contributed by atoms with Crippen LogP contribution in [0.25, 0.3) is 0 Å². The van der Waals surface area contributed by atoms with Gasteiger partial charge in [0.15, 0.2) is 0 Å². The van der Waals surface area contributed by atoms with Crippen molar-refractivity contribution in [3.8, 4) is 0 Å². The minimum absolute atomic E-state index is 0.0117. The summed E-state index contributed by atoms with van der Waals surface area (Å²) in [7, 11) is 1.44. The maximum Gasteiger partial charge on any atom is 0.308 e. The summed E-state index contributed by atoms with van der Waals surface area (Å²) in [5.74, 6) is -0.126. The van der Waals surface area contributed by atoms with Crippen LogP contribution in [0.3, 0.4) is 0 Å². The first-order valence-electron chi connectivity index (χ1n) is 4.89. The topological polar surface area (TPSA) is 26.3 Å². The van der Waals surface area contributed by atoms with E-state index in [1.54, 1.807) is 0 Å². The monoisotopic (exact) mass is 192 g/mol. The van der Waals surface area contributed by atoms with Crippen molar-refractivity contribution in [1.29, 1.82) is 0 Å². The molecule has 0 fully saturated rings. The van der Waals surface area contributed by atoms with Gasteiger partial charge >= 0.3 is 5.97 Å². The molecule has 0 unspecified atom stereocenters. The lowest BCUT2D eigenvalue weighted by molar-refractivity contribution is -0.145. The molecule has 0 aliphatic rings. The molecule has 1 rings (SSSR count). The first kappa shape index (κ1) is 10.8. The van der Waals surface area contributed by atoms with Gasteiger partial charge in [-0.3, -0.25) is 4.79 Å². The maximum absolute atomic E-state index is 11.3. The summed E-state index contributed by atoms with van der Waals surface area (Å²) in [4.78, 5) is 11.3. The number of esters is 1. The Bertz CT molecular complexity index is 280. The fourth-order valence-corrected chi connectivity index (χ4v) is 1.46. The third kappa shape index (κ3) is 2.87. The van der Waals surface area contributed by atoms with Crippen LogP contribution < -0.4 is 0 Å². The highest BCUT2D eigenvalue weighted by molar-refractivity contribution is 5.72. The van der Waals surface area contributed by atoms with Gasteiger partial charge in [-0.15, -0.1) is 0 Å². The molecule has 2 nitrogen and oxygen atoms in total. The Morgan fingerprint density at radius 2 is 2.00 bits per heavy atom. The van der Waals surface area contributed by atoms with Gasteiger partial charge in [-0.2, -0.15) is 0 Å². The molecule has 0 amide bonds. The maximum atomic E-state index is 11.3. The summed E-state index contributed by atoms with van der Waals surface area (Å²) >= 11 is 0. The van der Waals surface area contributed by atoms with Crippen molar-refractivity contribution in [1.82, 2.24) is 0 Å². The van der Waals surface area contributed by atoms with Crippen LogP contribution in [0, 0.1) is 5.92 Å². The second-order valence-corrected chi connectivity index (χ2v) is 3.32. The average Bonchev–Trinajstić information content (AvgIpc) is 2.26. The summed E-state index contributed by atoms with van der Waals surface area (Å²) in [6.45, 7) is 2.00. The van der Waals surface area contributed by atoms with Crippen LogP contribution in [0.5, 0.6) is 0 Å². The highest BCUT2D eigenvalue weighted by atomic mass is 16.5. The molecule has 0 spiro atoms. The van der Waals surface area contributed by atoms with Gasteiger partial charge in [-0.1, -0.05) is 37.3 Å². The number of ether oxygens (including phenoxy) is 1. The molecule has 0 heterocycles. The predicted molar refractivity (Wildman–Crippen MR) is 55.9 cm³/mol. The van der Waals surface area contributed by atoms with Gasteiger partial charge in [0.1, 0.15) is 0 Å². The van der Waals surface area contributed by atoms with Crippen molar-refractivity contribution in [2.75, 3.05) is 7.11 Å². The first-order valence-corrected chi connectivity index (χ1v) is 4.89. The average molecular weight is 192 g/mol. The number of hydrogen-bond acceptors (Lipinski definition) is 2. The molecular weight excluding hydrogens is 176 g/mol. The zero-order valence-corrected chi connectivity index (χ0v) is 8.69. The number of carbonyl (C=O) groups is 1. The lowest BCUT2D eigenvalue weighted by Gasteiger charge is -2.11. The van der Waals surface area contributed by atoms with Gasteiger partial charge in [0.05, 0.1) is 13.0 Å². The summed E-state index contributed by atoms with van der Waals surface area (Å²) < 4.78 is 4.74. The third-order valence-electron chi connectivity index (χ3n) is 2.35. The normalized spacial score (nSPS) is 12.1. The van der Waals surface area contributed by atoms with Gasteiger partial charge in [0.2, 0.25) is 0 Å². The van der Waals surface area contributed by atoms with Gasteiger partial charge in [-0.25, -0.2) is 0 Å². The van der Waals surface area contributed by atoms with Crippen molar-refractivity contribution >= 4 is 5.97 Å². The van der Waals surface area contributed by atoms with Crippen LogP contribution in [0.4, 0.5) is 0 Å². The Kier molecular flexibility index (Phi) is 4.17. The molecule has 76 valence electrons. The number of carbonyl (C=O) groups excluding carboxylic acids is 1. The second kappa shape index (κ2) is 5.43. The van der Waals surface area contributed by atoms with Crippen LogP contribution in [0.2, 0.25) is 0 Å². The molecule has 1 aromatic rings. The Morgan fingerprint density at radius 3 is 2.50 bits per heavy atom. The largest absolute Gasteiger partial charge is 0.469 e. The molecule has 1 atom stereocenters. The SMILES string of the molecule is CC[C@@H](Cc1ccccc1)C(=O)OC. The zero-order chi connectivity index (χ0) is 10.4. The van der Waals surface area contributed by atoms with Crippen molar-refractivity contribution in [2.45, 2.75) is 19.8 Å². The van der Waals surface area contributed by atoms with E-state index in [9.17, 15) is 4.79 Å². The molecule has 0 aliphatic heterocycles. The van der Waals surface area contributed by atoms with Crippen molar-refractivity contribution in [3.05, 3.63) is 35.9 Å². The number of hydrogen-bond donors (Lipinski definition) is 0. The Hall–Kier alpha value is -1.31. The third-order valence-corrected chi connectivity index (χ3v) is 2.35. The van der Waals surface area contributed by atoms with E-state index in [4.69, 9.17) is 4.74 Å². The van der Waals surface area contributed by atoms with Gasteiger partial charge < -0.3 is 4.74 Å². The second-order valence-electron chi connectivity index (χ2n) is 3.32. The van der Waals surface area contributed by atoms with E-state index < -0.39 is 0 Å². The van der Waals surface area contributed by atoms with Crippen LogP contribution in [0.15, 0.2) is 30.3 Å². The van der Waals surface area contributed by atoms with E-state index in [2.05, 4.69) is 0 Å². The lowest BCUT2D eigenvalue weighted by atomic mass is 9.97. The first-order chi connectivity index (χ1) is 6.77. The van der Waals surface area contributed by atoms with Gasteiger partial charge in [0, 0.05) is 0 Å². The van der Waals surface area contributed by atoms with Gasteiger partial charge in [-0.05, 0) is 18.4 Å².